The average Bonchev–Trinajstić information content (AvgIpc) is 2.16. The molecule has 0 saturated carbocycles. The van der Waals surface area contributed by atoms with E-state index in [0.717, 1.165) is 12.4 Å². The SMILES string of the molecule is O=[N+]([O-])c1cncc(C(F)F)c1CF. The molecule has 76 valence electrons. The summed E-state index contributed by atoms with van der Waals surface area (Å²) < 4.78 is 36.8. The van der Waals surface area contributed by atoms with Crippen LogP contribution in [0.2, 0.25) is 0 Å². The summed E-state index contributed by atoms with van der Waals surface area (Å²) in [5.41, 5.74) is -2.06. The van der Waals surface area contributed by atoms with Crippen molar-refractivity contribution < 1.29 is 18.1 Å². The van der Waals surface area contributed by atoms with E-state index in [-0.39, 0.29) is 0 Å². The summed E-state index contributed by atoms with van der Waals surface area (Å²) in [4.78, 5) is 12.6. The molecular formula is C7H5F3N2O2. The second-order valence-corrected chi connectivity index (χ2v) is 2.42. The normalized spacial score (nSPS) is 10.6. The molecular weight excluding hydrogens is 201 g/mol. The molecule has 1 aromatic heterocycles. The Hall–Kier alpha value is -1.66. The molecule has 1 heterocycles. The zero-order chi connectivity index (χ0) is 10.7. The van der Waals surface area contributed by atoms with Crippen molar-refractivity contribution in [3.05, 3.63) is 33.6 Å². The van der Waals surface area contributed by atoms with E-state index in [1.807, 2.05) is 0 Å². The number of halogens is 3. The lowest BCUT2D eigenvalue weighted by atomic mass is 10.1. The Morgan fingerprint density at radius 2 is 2.14 bits per heavy atom. The van der Waals surface area contributed by atoms with Crippen LogP contribution in [-0.2, 0) is 6.67 Å². The van der Waals surface area contributed by atoms with Gasteiger partial charge in [-0.25, -0.2) is 13.2 Å². The fourth-order valence-corrected chi connectivity index (χ4v) is 0.983. The third kappa shape index (κ3) is 1.81. The van der Waals surface area contributed by atoms with Gasteiger partial charge in [0.1, 0.15) is 12.9 Å². The Bertz CT molecular complexity index is 357. The summed E-state index contributed by atoms with van der Waals surface area (Å²) in [7, 11) is 0. The summed E-state index contributed by atoms with van der Waals surface area (Å²) in [5, 5.41) is 10.3. The van der Waals surface area contributed by atoms with Gasteiger partial charge in [0.15, 0.2) is 0 Å². The molecule has 0 atom stereocenters. The van der Waals surface area contributed by atoms with Crippen LogP contribution in [-0.4, -0.2) is 9.91 Å². The third-order valence-corrected chi connectivity index (χ3v) is 1.63. The number of hydrogen-bond acceptors (Lipinski definition) is 3. The first kappa shape index (κ1) is 10.4. The van der Waals surface area contributed by atoms with Crippen molar-refractivity contribution in [2.45, 2.75) is 13.1 Å². The highest BCUT2D eigenvalue weighted by Gasteiger charge is 2.22. The molecule has 14 heavy (non-hydrogen) atoms. The molecule has 0 saturated heterocycles. The van der Waals surface area contributed by atoms with E-state index in [1.165, 1.54) is 0 Å². The standard InChI is InChI=1S/C7H5F3N2O2/c8-1-4-5(7(9)10)2-11-3-6(4)12(13)14/h2-3,7H,1H2. The average molecular weight is 206 g/mol. The molecule has 0 radical (unpaired) electrons. The molecule has 0 bridgehead atoms. The van der Waals surface area contributed by atoms with Gasteiger partial charge < -0.3 is 0 Å². The van der Waals surface area contributed by atoms with Crippen molar-refractivity contribution in [1.29, 1.82) is 0 Å². The lowest BCUT2D eigenvalue weighted by Gasteiger charge is -2.04. The topological polar surface area (TPSA) is 56.0 Å². The summed E-state index contributed by atoms with van der Waals surface area (Å²) in [6, 6.07) is 0. The van der Waals surface area contributed by atoms with Gasteiger partial charge in [0.25, 0.3) is 12.1 Å². The maximum absolute atomic E-state index is 12.3. The molecule has 0 aliphatic carbocycles. The van der Waals surface area contributed by atoms with Gasteiger partial charge in [-0.3, -0.25) is 15.1 Å². The molecule has 0 aromatic carbocycles. The maximum Gasteiger partial charge on any atom is 0.293 e. The van der Waals surface area contributed by atoms with Crippen LogP contribution in [0.15, 0.2) is 12.4 Å². The van der Waals surface area contributed by atoms with Crippen LogP contribution in [0.5, 0.6) is 0 Å². The Labute approximate surface area is 76.5 Å². The first-order valence-electron chi connectivity index (χ1n) is 3.53. The van der Waals surface area contributed by atoms with E-state index in [1.54, 1.807) is 0 Å². The summed E-state index contributed by atoms with van der Waals surface area (Å²) in [5.74, 6) is 0. The van der Waals surface area contributed by atoms with Crippen LogP contribution >= 0.6 is 0 Å². The molecule has 0 fully saturated rings. The highest BCUT2D eigenvalue weighted by atomic mass is 19.3. The van der Waals surface area contributed by atoms with Gasteiger partial charge in [0.05, 0.1) is 10.5 Å². The van der Waals surface area contributed by atoms with Gasteiger partial charge >= 0.3 is 0 Å². The van der Waals surface area contributed by atoms with Crippen LogP contribution in [0.4, 0.5) is 18.9 Å². The highest BCUT2D eigenvalue weighted by Crippen LogP contribution is 2.29. The first-order chi connectivity index (χ1) is 6.57. The van der Waals surface area contributed by atoms with Gasteiger partial charge in [0, 0.05) is 11.8 Å². The van der Waals surface area contributed by atoms with Gasteiger partial charge in [-0.2, -0.15) is 0 Å². The van der Waals surface area contributed by atoms with Gasteiger partial charge in [0.2, 0.25) is 0 Å². The third-order valence-electron chi connectivity index (χ3n) is 1.63. The maximum atomic E-state index is 12.3. The zero-order valence-electron chi connectivity index (χ0n) is 6.78. The molecule has 0 aliphatic heterocycles. The first-order valence-corrected chi connectivity index (χ1v) is 3.53. The molecule has 0 N–H and O–H groups in total. The predicted octanol–water partition coefficient (Wildman–Crippen LogP) is 2.40. The molecule has 0 unspecified atom stereocenters. The smallest absolute Gasteiger partial charge is 0.258 e. The predicted molar refractivity (Wildman–Crippen MR) is 40.7 cm³/mol. The number of pyridine rings is 1. The van der Waals surface area contributed by atoms with Crippen molar-refractivity contribution in [3.8, 4) is 0 Å². The van der Waals surface area contributed by atoms with E-state index in [4.69, 9.17) is 0 Å². The number of nitrogens with zero attached hydrogens (tertiary/aromatic N) is 2. The van der Waals surface area contributed by atoms with Crippen molar-refractivity contribution in [2.24, 2.45) is 0 Å². The second kappa shape index (κ2) is 4.03. The van der Waals surface area contributed by atoms with Crippen molar-refractivity contribution >= 4 is 5.69 Å². The lowest BCUT2D eigenvalue weighted by Crippen LogP contribution is -2.00. The highest BCUT2D eigenvalue weighted by molar-refractivity contribution is 5.42. The molecule has 0 aliphatic rings. The number of hydrogen-bond donors (Lipinski definition) is 0. The molecule has 4 nitrogen and oxygen atoms in total. The molecule has 7 heteroatoms. The monoisotopic (exact) mass is 206 g/mol. The van der Waals surface area contributed by atoms with E-state index < -0.39 is 34.8 Å². The fraction of sp³-hybridized carbons (Fsp3) is 0.286. The molecule has 0 spiro atoms. The largest absolute Gasteiger partial charge is 0.293 e. The number of nitro groups is 1. The molecule has 0 amide bonds. The van der Waals surface area contributed by atoms with E-state index in [2.05, 4.69) is 4.98 Å². The minimum absolute atomic E-state index is 0.611. The Kier molecular flexibility index (Phi) is 3.00. The summed E-state index contributed by atoms with van der Waals surface area (Å²) in [6.45, 7) is -1.31. The van der Waals surface area contributed by atoms with Gasteiger partial charge in [-0.1, -0.05) is 0 Å². The van der Waals surface area contributed by atoms with Crippen molar-refractivity contribution in [3.63, 3.8) is 0 Å². The van der Waals surface area contributed by atoms with E-state index in [0.29, 0.717) is 0 Å². The number of aromatic nitrogens is 1. The molecule has 1 rings (SSSR count). The quantitative estimate of drug-likeness (QED) is 0.563. The van der Waals surface area contributed by atoms with Gasteiger partial charge in [-0.15, -0.1) is 0 Å². The van der Waals surface area contributed by atoms with Crippen LogP contribution in [0.1, 0.15) is 17.6 Å². The second-order valence-electron chi connectivity index (χ2n) is 2.42. The Morgan fingerprint density at radius 3 is 2.57 bits per heavy atom. The van der Waals surface area contributed by atoms with Crippen LogP contribution in [0.3, 0.4) is 0 Å². The lowest BCUT2D eigenvalue weighted by molar-refractivity contribution is -0.386. The number of rotatable bonds is 3. The number of alkyl halides is 3. The summed E-state index contributed by atoms with van der Waals surface area (Å²) >= 11 is 0. The van der Waals surface area contributed by atoms with E-state index >= 15 is 0 Å². The minimum atomic E-state index is -2.96. The minimum Gasteiger partial charge on any atom is -0.258 e. The van der Waals surface area contributed by atoms with Crippen molar-refractivity contribution in [2.75, 3.05) is 0 Å². The van der Waals surface area contributed by atoms with Gasteiger partial charge in [-0.05, 0) is 0 Å². The van der Waals surface area contributed by atoms with Crippen LogP contribution < -0.4 is 0 Å². The summed E-state index contributed by atoms with van der Waals surface area (Å²) in [6.07, 6.45) is -1.49. The van der Waals surface area contributed by atoms with E-state index in [9.17, 15) is 23.3 Å². The van der Waals surface area contributed by atoms with Crippen LogP contribution in [0, 0.1) is 10.1 Å². The molecule has 1 aromatic rings. The van der Waals surface area contributed by atoms with Crippen LogP contribution in [0.25, 0.3) is 0 Å². The fourth-order valence-electron chi connectivity index (χ4n) is 0.983. The van der Waals surface area contributed by atoms with Crippen molar-refractivity contribution in [1.82, 2.24) is 4.98 Å². The zero-order valence-corrected chi connectivity index (χ0v) is 6.78. The Morgan fingerprint density at radius 1 is 1.50 bits per heavy atom. The Balaban J connectivity index is 3.32.